The predicted octanol–water partition coefficient (Wildman–Crippen LogP) is 1.89. The lowest BCUT2D eigenvalue weighted by Crippen LogP contribution is -3.16. The number of benzene rings is 2. The largest absolute Gasteiger partial charge is 0.360 e. The van der Waals surface area contributed by atoms with E-state index in [1.165, 1.54) is 17.0 Å². The van der Waals surface area contributed by atoms with Crippen LogP contribution in [0, 0.1) is 5.82 Å². The number of hydrogen-bond donors (Lipinski definition) is 1. The molecule has 2 aliphatic rings. The molecule has 1 atom stereocenters. The van der Waals surface area contributed by atoms with Crippen molar-refractivity contribution in [2.24, 2.45) is 0 Å². The van der Waals surface area contributed by atoms with Gasteiger partial charge < -0.3 is 14.7 Å². The van der Waals surface area contributed by atoms with Crippen LogP contribution in [0.15, 0.2) is 54.6 Å². The molecule has 0 saturated carbocycles. The summed E-state index contributed by atoms with van der Waals surface area (Å²) in [7, 11) is 0. The summed E-state index contributed by atoms with van der Waals surface area (Å²) in [5, 5.41) is 0. The predicted molar refractivity (Wildman–Crippen MR) is 104 cm³/mol. The Morgan fingerprint density at radius 1 is 0.889 bits per heavy atom. The van der Waals surface area contributed by atoms with E-state index >= 15 is 0 Å². The fourth-order valence-electron chi connectivity index (χ4n) is 4.31. The third-order valence-corrected chi connectivity index (χ3v) is 5.80. The molecule has 4 nitrogen and oxygen atoms in total. The van der Waals surface area contributed by atoms with Crippen molar-refractivity contribution in [1.29, 1.82) is 0 Å². The summed E-state index contributed by atoms with van der Waals surface area (Å²) < 4.78 is 13.2. The Morgan fingerprint density at radius 2 is 1.52 bits per heavy atom. The van der Waals surface area contributed by atoms with Crippen molar-refractivity contribution < 1.29 is 14.1 Å². The van der Waals surface area contributed by atoms with E-state index in [-0.39, 0.29) is 17.8 Å². The van der Waals surface area contributed by atoms with Crippen molar-refractivity contribution in [2.45, 2.75) is 18.9 Å². The van der Waals surface area contributed by atoms with E-state index < -0.39 is 0 Å². The van der Waals surface area contributed by atoms with Crippen LogP contribution in [0.1, 0.15) is 24.4 Å². The van der Waals surface area contributed by atoms with Crippen molar-refractivity contribution in [3.63, 3.8) is 0 Å². The van der Waals surface area contributed by atoms with Crippen LogP contribution < -0.4 is 9.80 Å². The van der Waals surface area contributed by atoms with E-state index in [1.807, 2.05) is 35.2 Å². The van der Waals surface area contributed by atoms with Gasteiger partial charge in [0.15, 0.2) is 6.04 Å². The second kappa shape index (κ2) is 8.09. The summed E-state index contributed by atoms with van der Waals surface area (Å²) in [4.78, 5) is 18.9. The molecule has 0 spiro atoms. The molecule has 2 fully saturated rings. The second-order valence-corrected chi connectivity index (χ2v) is 7.50. The van der Waals surface area contributed by atoms with Gasteiger partial charge in [0.2, 0.25) is 0 Å². The molecule has 0 aromatic heterocycles. The SMILES string of the molecule is O=C([C@H](c1ccccc1)[NH+]1CCN(c2ccc(F)cc2)CC1)N1CCCC1. The highest BCUT2D eigenvalue weighted by atomic mass is 19.1. The van der Waals surface area contributed by atoms with Gasteiger partial charge in [-0.25, -0.2) is 4.39 Å². The zero-order valence-corrected chi connectivity index (χ0v) is 15.6. The highest BCUT2D eigenvalue weighted by molar-refractivity contribution is 5.82. The molecule has 2 heterocycles. The van der Waals surface area contributed by atoms with Gasteiger partial charge in [-0.2, -0.15) is 0 Å². The molecule has 2 aromatic carbocycles. The minimum atomic E-state index is -0.205. The lowest BCUT2D eigenvalue weighted by Gasteiger charge is -2.38. The number of nitrogens with one attached hydrogen (secondary N) is 1. The molecule has 4 rings (SSSR count). The topological polar surface area (TPSA) is 28.0 Å². The summed E-state index contributed by atoms with van der Waals surface area (Å²) in [6.45, 7) is 5.32. The van der Waals surface area contributed by atoms with E-state index in [0.717, 1.165) is 63.4 Å². The van der Waals surface area contributed by atoms with Crippen molar-refractivity contribution in [2.75, 3.05) is 44.2 Å². The van der Waals surface area contributed by atoms with Crippen LogP contribution in [0.5, 0.6) is 0 Å². The first-order valence-electron chi connectivity index (χ1n) is 9.91. The molecule has 1 amide bonds. The number of piperazine rings is 1. The summed E-state index contributed by atoms with van der Waals surface area (Å²) >= 11 is 0. The van der Waals surface area contributed by atoms with E-state index in [2.05, 4.69) is 17.0 Å². The van der Waals surface area contributed by atoms with Gasteiger partial charge in [0, 0.05) is 24.3 Å². The van der Waals surface area contributed by atoms with Gasteiger partial charge in [0.05, 0.1) is 26.2 Å². The zero-order chi connectivity index (χ0) is 18.6. The number of nitrogens with zero attached hydrogens (tertiary/aromatic N) is 2. The average molecular weight is 368 g/mol. The third kappa shape index (κ3) is 3.98. The first-order chi connectivity index (χ1) is 13.2. The smallest absolute Gasteiger partial charge is 0.285 e. The van der Waals surface area contributed by atoms with Gasteiger partial charge in [-0.3, -0.25) is 4.79 Å². The molecule has 27 heavy (non-hydrogen) atoms. The Bertz CT molecular complexity index is 751. The minimum Gasteiger partial charge on any atom is -0.360 e. The molecule has 2 aliphatic heterocycles. The number of amides is 1. The Kier molecular flexibility index (Phi) is 5.39. The van der Waals surface area contributed by atoms with Crippen LogP contribution in [0.2, 0.25) is 0 Å². The van der Waals surface area contributed by atoms with Gasteiger partial charge in [-0.15, -0.1) is 0 Å². The molecule has 2 aromatic rings. The Balaban J connectivity index is 1.49. The zero-order valence-electron chi connectivity index (χ0n) is 15.6. The first kappa shape index (κ1) is 18.0. The summed E-state index contributed by atoms with van der Waals surface area (Å²) in [6.07, 6.45) is 2.22. The highest BCUT2D eigenvalue weighted by Crippen LogP contribution is 2.19. The molecule has 0 bridgehead atoms. The molecular formula is C22H27FN3O+. The van der Waals surface area contributed by atoms with Crippen LogP contribution in [0.4, 0.5) is 10.1 Å². The molecule has 1 N–H and O–H groups in total. The van der Waals surface area contributed by atoms with E-state index in [0.29, 0.717) is 0 Å². The maximum Gasteiger partial charge on any atom is 0.285 e. The Hall–Kier alpha value is -2.40. The average Bonchev–Trinajstić information content (AvgIpc) is 3.25. The highest BCUT2D eigenvalue weighted by Gasteiger charge is 2.37. The number of halogens is 1. The standard InChI is InChI=1S/C22H26FN3O/c23-19-8-10-20(11-9-19)24-14-16-25(17-15-24)21(18-6-2-1-3-7-18)22(27)26-12-4-5-13-26/h1-3,6-11,21H,4-5,12-17H2/p+1/t21-/m0/s1. The van der Waals surface area contributed by atoms with E-state index in [4.69, 9.17) is 0 Å². The van der Waals surface area contributed by atoms with Crippen molar-refractivity contribution in [3.8, 4) is 0 Å². The summed E-state index contributed by atoms with van der Waals surface area (Å²) in [5.74, 6) is 0.0623. The van der Waals surface area contributed by atoms with Crippen molar-refractivity contribution in [1.82, 2.24) is 4.90 Å². The number of anilines is 1. The molecule has 0 unspecified atom stereocenters. The van der Waals surface area contributed by atoms with Crippen LogP contribution in [-0.2, 0) is 4.79 Å². The molecule has 5 heteroatoms. The molecular weight excluding hydrogens is 341 g/mol. The number of likely N-dealkylation sites (tertiary alicyclic amines) is 1. The molecule has 0 radical (unpaired) electrons. The Labute approximate surface area is 160 Å². The summed E-state index contributed by atoms with van der Waals surface area (Å²) in [5.41, 5.74) is 2.16. The number of rotatable bonds is 4. The van der Waals surface area contributed by atoms with Gasteiger partial charge >= 0.3 is 0 Å². The lowest BCUT2D eigenvalue weighted by atomic mass is 10.0. The van der Waals surface area contributed by atoms with Crippen molar-refractivity contribution in [3.05, 3.63) is 66.0 Å². The van der Waals surface area contributed by atoms with Crippen molar-refractivity contribution >= 4 is 11.6 Å². The maximum atomic E-state index is 13.3. The number of quaternary nitrogens is 1. The van der Waals surface area contributed by atoms with Crippen LogP contribution in [0.25, 0.3) is 0 Å². The quantitative estimate of drug-likeness (QED) is 0.893. The fraction of sp³-hybridized carbons (Fsp3) is 0.409. The number of carbonyl (C=O) groups excluding carboxylic acids is 1. The number of carbonyl (C=O) groups is 1. The minimum absolute atomic E-state index is 0.125. The third-order valence-electron chi connectivity index (χ3n) is 5.80. The molecule has 2 saturated heterocycles. The van der Waals surface area contributed by atoms with E-state index in [9.17, 15) is 9.18 Å². The van der Waals surface area contributed by atoms with Gasteiger partial charge in [-0.05, 0) is 37.1 Å². The monoisotopic (exact) mass is 368 g/mol. The summed E-state index contributed by atoms with van der Waals surface area (Å²) in [6, 6.07) is 16.8. The molecule has 142 valence electrons. The first-order valence-corrected chi connectivity index (χ1v) is 9.91. The van der Waals surface area contributed by atoms with Gasteiger partial charge in [0.1, 0.15) is 5.82 Å². The number of hydrogen-bond acceptors (Lipinski definition) is 2. The van der Waals surface area contributed by atoms with E-state index in [1.54, 1.807) is 0 Å². The second-order valence-electron chi connectivity index (χ2n) is 7.50. The van der Waals surface area contributed by atoms with Crippen LogP contribution >= 0.6 is 0 Å². The molecule has 0 aliphatic carbocycles. The normalized spacial score (nSPS) is 19.3. The fourth-order valence-corrected chi connectivity index (χ4v) is 4.31. The van der Waals surface area contributed by atoms with Crippen LogP contribution in [0.3, 0.4) is 0 Å². The Morgan fingerprint density at radius 3 is 2.15 bits per heavy atom. The lowest BCUT2D eigenvalue weighted by molar-refractivity contribution is -0.922. The maximum absolute atomic E-state index is 13.3. The van der Waals surface area contributed by atoms with Crippen LogP contribution in [-0.4, -0.2) is 50.1 Å². The van der Waals surface area contributed by atoms with Gasteiger partial charge in [-0.1, -0.05) is 30.3 Å². The van der Waals surface area contributed by atoms with Gasteiger partial charge in [0.25, 0.3) is 5.91 Å².